The average Bonchev–Trinajstić information content (AvgIpc) is 3.35. The molecule has 0 spiro atoms. The lowest BCUT2D eigenvalue weighted by Crippen LogP contribution is -2.19. The van der Waals surface area contributed by atoms with Crippen LogP contribution in [0.5, 0.6) is 11.5 Å². The van der Waals surface area contributed by atoms with E-state index in [0.717, 1.165) is 22.5 Å². The summed E-state index contributed by atoms with van der Waals surface area (Å²) >= 11 is 13.3. The van der Waals surface area contributed by atoms with Gasteiger partial charge in [0.25, 0.3) is 5.91 Å². The van der Waals surface area contributed by atoms with Crippen molar-refractivity contribution in [1.82, 2.24) is 15.6 Å². The molecule has 0 radical (unpaired) electrons. The third-order valence-electron chi connectivity index (χ3n) is 5.30. The standard InChI is InChI=1S/C27H23Cl2N5O4S/c1-16-3-6-18(7-4-16)26(36)31-27-34-33-25(39-27)13-24(35)32-30-14-17-5-10-22(23(11-17)37-2)38-15-19-8-9-20(28)12-21(19)29/h3-12,14H,13,15H2,1-2H3,(H,32,35)(H,31,34,36). The molecule has 0 atom stereocenters. The highest BCUT2D eigenvalue weighted by Gasteiger charge is 2.13. The number of halogens is 2. The zero-order valence-corrected chi connectivity index (χ0v) is 23.2. The van der Waals surface area contributed by atoms with Gasteiger partial charge in [0.15, 0.2) is 11.5 Å². The highest BCUT2D eigenvalue weighted by molar-refractivity contribution is 7.15. The molecule has 0 bridgehead atoms. The summed E-state index contributed by atoms with van der Waals surface area (Å²) in [5, 5.41) is 16.4. The number of nitrogens with zero attached hydrogens (tertiary/aromatic N) is 3. The van der Waals surface area contributed by atoms with E-state index in [4.69, 9.17) is 32.7 Å². The second-order valence-corrected chi connectivity index (χ2v) is 10.1. The van der Waals surface area contributed by atoms with Gasteiger partial charge in [-0.2, -0.15) is 5.10 Å². The van der Waals surface area contributed by atoms with Gasteiger partial charge in [-0.1, -0.05) is 58.3 Å². The van der Waals surface area contributed by atoms with Gasteiger partial charge in [0.1, 0.15) is 11.6 Å². The molecule has 2 N–H and O–H groups in total. The topological polar surface area (TPSA) is 115 Å². The fourth-order valence-electron chi connectivity index (χ4n) is 3.28. The van der Waals surface area contributed by atoms with Crippen molar-refractivity contribution in [2.75, 3.05) is 12.4 Å². The van der Waals surface area contributed by atoms with Crippen LogP contribution in [0.3, 0.4) is 0 Å². The van der Waals surface area contributed by atoms with Crippen LogP contribution in [0.15, 0.2) is 65.8 Å². The molecule has 0 aliphatic rings. The highest BCUT2D eigenvalue weighted by Crippen LogP contribution is 2.30. The number of carbonyl (C=O) groups excluding carboxylic acids is 2. The fraction of sp³-hybridized carbons (Fsp3) is 0.148. The van der Waals surface area contributed by atoms with Gasteiger partial charge in [0.2, 0.25) is 11.0 Å². The second kappa shape index (κ2) is 13.2. The molecule has 0 saturated heterocycles. The Bertz CT molecular complexity index is 1510. The molecule has 0 aliphatic carbocycles. The smallest absolute Gasteiger partial charge is 0.257 e. The number of methoxy groups -OCH3 is 1. The third-order valence-corrected chi connectivity index (χ3v) is 6.73. The minimum Gasteiger partial charge on any atom is -0.493 e. The SMILES string of the molecule is COc1cc(C=NNC(=O)Cc2nnc(NC(=O)c3ccc(C)cc3)s2)ccc1OCc1ccc(Cl)cc1Cl. The molecule has 4 rings (SSSR count). The van der Waals surface area contributed by atoms with Gasteiger partial charge >= 0.3 is 0 Å². The van der Waals surface area contributed by atoms with Gasteiger partial charge in [0.05, 0.1) is 19.7 Å². The van der Waals surface area contributed by atoms with Crippen molar-refractivity contribution >= 4 is 57.7 Å². The number of ether oxygens (including phenoxy) is 2. The van der Waals surface area contributed by atoms with E-state index in [1.165, 1.54) is 13.3 Å². The molecular weight excluding hydrogens is 561 g/mol. The summed E-state index contributed by atoms with van der Waals surface area (Å²) in [5.41, 5.74) is 5.48. The summed E-state index contributed by atoms with van der Waals surface area (Å²) in [6.07, 6.45) is 1.44. The molecule has 200 valence electrons. The van der Waals surface area contributed by atoms with Gasteiger partial charge in [-0.3, -0.25) is 14.9 Å². The van der Waals surface area contributed by atoms with Crippen LogP contribution in [0.4, 0.5) is 5.13 Å². The average molecular weight is 584 g/mol. The van der Waals surface area contributed by atoms with E-state index in [0.29, 0.717) is 42.8 Å². The quantitative estimate of drug-likeness (QED) is 0.183. The summed E-state index contributed by atoms with van der Waals surface area (Å²) < 4.78 is 11.3. The maximum absolute atomic E-state index is 12.3. The van der Waals surface area contributed by atoms with Crippen molar-refractivity contribution in [2.45, 2.75) is 20.0 Å². The summed E-state index contributed by atoms with van der Waals surface area (Å²) in [6, 6.07) is 17.6. The number of rotatable bonds is 10. The van der Waals surface area contributed by atoms with Gasteiger partial charge < -0.3 is 9.47 Å². The molecule has 0 aliphatic heterocycles. The Labute approximate surface area is 238 Å². The molecule has 12 heteroatoms. The van der Waals surface area contributed by atoms with Crippen LogP contribution in [0.25, 0.3) is 0 Å². The number of aryl methyl sites for hydroxylation is 1. The Morgan fingerprint density at radius 2 is 1.82 bits per heavy atom. The van der Waals surface area contributed by atoms with Crippen molar-refractivity contribution in [3.63, 3.8) is 0 Å². The van der Waals surface area contributed by atoms with E-state index < -0.39 is 0 Å². The van der Waals surface area contributed by atoms with Gasteiger partial charge in [0, 0.05) is 21.2 Å². The first kappa shape index (κ1) is 28.0. The lowest BCUT2D eigenvalue weighted by molar-refractivity contribution is -0.120. The molecule has 0 fully saturated rings. The Kier molecular flexibility index (Phi) is 9.48. The number of anilines is 1. The molecule has 39 heavy (non-hydrogen) atoms. The summed E-state index contributed by atoms with van der Waals surface area (Å²) in [6.45, 7) is 2.18. The van der Waals surface area contributed by atoms with E-state index in [1.807, 2.05) is 19.1 Å². The van der Waals surface area contributed by atoms with Crippen LogP contribution in [-0.4, -0.2) is 35.3 Å². The lowest BCUT2D eigenvalue weighted by atomic mass is 10.1. The number of carbonyl (C=O) groups is 2. The van der Waals surface area contributed by atoms with Crippen molar-refractivity contribution in [3.05, 3.63) is 98.0 Å². The fourth-order valence-corrected chi connectivity index (χ4v) is 4.48. The van der Waals surface area contributed by atoms with Crippen molar-refractivity contribution in [2.24, 2.45) is 5.10 Å². The Hall–Kier alpha value is -3.99. The van der Waals surface area contributed by atoms with E-state index in [2.05, 4.69) is 26.0 Å². The van der Waals surface area contributed by atoms with Crippen LogP contribution >= 0.6 is 34.5 Å². The molecule has 3 aromatic carbocycles. The number of hydrazone groups is 1. The predicted octanol–water partition coefficient (Wildman–Crippen LogP) is 5.69. The normalized spacial score (nSPS) is 10.9. The predicted molar refractivity (Wildman–Crippen MR) is 152 cm³/mol. The van der Waals surface area contributed by atoms with E-state index >= 15 is 0 Å². The number of hydrogen-bond acceptors (Lipinski definition) is 8. The minimum atomic E-state index is -0.384. The molecule has 1 heterocycles. The zero-order chi connectivity index (χ0) is 27.8. The van der Waals surface area contributed by atoms with Crippen LogP contribution in [-0.2, 0) is 17.8 Å². The van der Waals surface area contributed by atoms with Gasteiger partial charge in [-0.05, 0) is 55.0 Å². The van der Waals surface area contributed by atoms with E-state index in [-0.39, 0.29) is 24.8 Å². The number of hydrogen-bond donors (Lipinski definition) is 2. The van der Waals surface area contributed by atoms with Gasteiger partial charge in [-0.15, -0.1) is 10.2 Å². The Morgan fingerprint density at radius 1 is 1.03 bits per heavy atom. The molecule has 1 aromatic heterocycles. The van der Waals surface area contributed by atoms with Crippen molar-refractivity contribution < 1.29 is 19.1 Å². The first-order chi connectivity index (χ1) is 18.8. The maximum atomic E-state index is 12.3. The number of amides is 2. The Morgan fingerprint density at radius 3 is 2.56 bits per heavy atom. The monoisotopic (exact) mass is 583 g/mol. The van der Waals surface area contributed by atoms with Gasteiger partial charge in [-0.25, -0.2) is 5.43 Å². The minimum absolute atomic E-state index is 0.0429. The van der Waals surface area contributed by atoms with Crippen LogP contribution in [0.1, 0.15) is 32.1 Å². The van der Waals surface area contributed by atoms with E-state index in [9.17, 15) is 9.59 Å². The summed E-state index contributed by atoms with van der Waals surface area (Å²) in [7, 11) is 1.53. The summed E-state index contributed by atoms with van der Waals surface area (Å²) in [4.78, 5) is 24.6. The Balaban J connectivity index is 1.28. The second-order valence-electron chi connectivity index (χ2n) is 8.23. The lowest BCUT2D eigenvalue weighted by Gasteiger charge is -2.12. The largest absolute Gasteiger partial charge is 0.493 e. The third kappa shape index (κ3) is 8.00. The van der Waals surface area contributed by atoms with E-state index in [1.54, 1.807) is 48.5 Å². The highest BCUT2D eigenvalue weighted by atomic mass is 35.5. The first-order valence-electron chi connectivity index (χ1n) is 11.6. The van der Waals surface area contributed by atoms with Crippen LogP contribution in [0.2, 0.25) is 10.0 Å². The molecule has 0 saturated carbocycles. The maximum Gasteiger partial charge on any atom is 0.257 e. The first-order valence-corrected chi connectivity index (χ1v) is 13.1. The number of aromatic nitrogens is 2. The molecule has 4 aromatic rings. The van der Waals surface area contributed by atoms with Crippen LogP contribution in [0, 0.1) is 6.92 Å². The van der Waals surface area contributed by atoms with Crippen molar-refractivity contribution in [3.8, 4) is 11.5 Å². The number of benzene rings is 3. The number of nitrogens with one attached hydrogen (secondary N) is 2. The molecule has 9 nitrogen and oxygen atoms in total. The zero-order valence-electron chi connectivity index (χ0n) is 20.9. The van der Waals surface area contributed by atoms with Crippen molar-refractivity contribution in [1.29, 1.82) is 0 Å². The molecule has 0 unspecified atom stereocenters. The molecular formula is C27H23Cl2N5O4S. The van der Waals surface area contributed by atoms with Crippen LogP contribution < -0.4 is 20.2 Å². The molecule has 2 amide bonds. The summed E-state index contributed by atoms with van der Waals surface area (Å²) in [5.74, 6) is 0.327.